The first kappa shape index (κ1) is 18.9. The van der Waals surface area contributed by atoms with Crippen LogP contribution in [0.25, 0.3) is 10.2 Å². The maximum absolute atomic E-state index is 13.3. The van der Waals surface area contributed by atoms with E-state index in [0.29, 0.717) is 22.3 Å². The molecule has 2 heterocycles. The molecule has 0 atom stereocenters. The highest BCUT2D eigenvalue weighted by molar-refractivity contribution is 7.98. The molecule has 0 aliphatic rings. The molecule has 2 aromatic heterocycles. The second-order valence-electron chi connectivity index (χ2n) is 6.05. The van der Waals surface area contributed by atoms with Gasteiger partial charge in [-0.05, 0) is 60.9 Å². The highest BCUT2D eigenvalue weighted by Gasteiger charge is 2.22. The monoisotopic (exact) mass is 425 g/mol. The number of thiazole rings is 1. The lowest BCUT2D eigenvalue weighted by molar-refractivity contribution is 0.0984. The molecule has 0 fully saturated rings. The van der Waals surface area contributed by atoms with Crippen molar-refractivity contribution in [2.24, 2.45) is 0 Å². The number of hydrogen-bond acceptors (Lipinski definition) is 5. The second kappa shape index (κ2) is 8.31. The average molecular weight is 426 g/mol. The highest BCUT2D eigenvalue weighted by Crippen LogP contribution is 2.32. The Morgan fingerprint density at radius 1 is 1.14 bits per heavy atom. The van der Waals surface area contributed by atoms with Crippen molar-refractivity contribution < 1.29 is 4.79 Å². The molecule has 0 N–H and O–H groups in total. The molecular weight excluding hydrogens is 410 g/mol. The van der Waals surface area contributed by atoms with Gasteiger partial charge in [0.2, 0.25) is 0 Å². The van der Waals surface area contributed by atoms with Crippen molar-refractivity contribution in [3.8, 4) is 0 Å². The van der Waals surface area contributed by atoms with Gasteiger partial charge >= 0.3 is 0 Å². The van der Waals surface area contributed by atoms with Crippen molar-refractivity contribution in [3.63, 3.8) is 0 Å². The molecule has 1 amide bonds. The van der Waals surface area contributed by atoms with Crippen molar-refractivity contribution in [1.82, 2.24) is 9.97 Å². The van der Waals surface area contributed by atoms with E-state index in [1.165, 1.54) is 11.3 Å². The molecule has 28 heavy (non-hydrogen) atoms. The van der Waals surface area contributed by atoms with E-state index < -0.39 is 0 Å². The van der Waals surface area contributed by atoms with E-state index in [9.17, 15) is 4.79 Å². The number of nitrogens with zero attached hydrogens (tertiary/aromatic N) is 3. The minimum atomic E-state index is -0.108. The summed E-state index contributed by atoms with van der Waals surface area (Å²) in [5, 5.41) is 1.28. The van der Waals surface area contributed by atoms with Crippen LogP contribution in [0.4, 0.5) is 5.13 Å². The van der Waals surface area contributed by atoms with Gasteiger partial charge in [0.15, 0.2) is 5.13 Å². The van der Waals surface area contributed by atoms with Crippen molar-refractivity contribution in [2.75, 3.05) is 11.2 Å². The van der Waals surface area contributed by atoms with Crippen molar-refractivity contribution >= 4 is 56.0 Å². The Kier molecular flexibility index (Phi) is 5.62. The van der Waals surface area contributed by atoms with Gasteiger partial charge in [-0.25, -0.2) is 4.98 Å². The number of anilines is 1. The smallest absolute Gasteiger partial charge is 0.260 e. The number of carbonyl (C=O) groups is 1. The average Bonchev–Trinajstić information content (AvgIpc) is 3.15. The third-order valence-electron chi connectivity index (χ3n) is 4.20. The SMILES string of the molecule is CSc1ccc(C(=O)N(Cc2ccccn2)c2nc3ccc(Cl)cc3s2)cc1. The van der Waals surface area contributed by atoms with E-state index in [-0.39, 0.29) is 5.91 Å². The van der Waals surface area contributed by atoms with Crippen LogP contribution in [0.1, 0.15) is 16.1 Å². The molecular formula is C21H16ClN3OS2. The first-order valence-corrected chi connectivity index (χ1v) is 11.0. The van der Waals surface area contributed by atoms with Crippen LogP contribution in [0.3, 0.4) is 0 Å². The molecule has 0 spiro atoms. The lowest BCUT2D eigenvalue weighted by atomic mass is 10.2. The number of fused-ring (bicyclic) bond motifs is 1. The lowest BCUT2D eigenvalue weighted by Crippen LogP contribution is -2.30. The number of hydrogen-bond donors (Lipinski definition) is 0. The highest BCUT2D eigenvalue weighted by atomic mass is 35.5. The number of benzene rings is 2. The van der Waals surface area contributed by atoms with Crippen LogP contribution in [0.2, 0.25) is 5.02 Å². The third-order valence-corrected chi connectivity index (χ3v) is 6.22. The summed E-state index contributed by atoms with van der Waals surface area (Å²) in [6.45, 7) is 0.345. The number of rotatable bonds is 5. The number of amides is 1. The van der Waals surface area contributed by atoms with Crippen LogP contribution in [0.15, 0.2) is 71.8 Å². The zero-order valence-electron chi connectivity index (χ0n) is 15.0. The fourth-order valence-electron chi connectivity index (χ4n) is 2.77. The second-order valence-corrected chi connectivity index (χ2v) is 8.37. The zero-order chi connectivity index (χ0) is 19.5. The molecule has 0 aliphatic heterocycles. The van der Waals surface area contributed by atoms with Gasteiger partial charge in [-0.3, -0.25) is 14.7 Å². The molecule has 7 heteroatoms. The Morgan fingerprint density at radius 3 is 2.68 bits per heavy atom. The van der Waals surface area contributed by atoms with Gasteiger partial charge in [0, 0.05) is 21.7 Å². The summed E-state index contributed by atoms with van der Waals surface area (Å²) in [7, 11) is 0. The summed E-state index contributed by atoms with van der Waals surface area (Å²) in [4.78, 5) is 25.2. The maximum Gasteiger partial charge on any atom is 0.260 e. The Hall–Kier alpha value is -2.41. The van der Waals surface area contributed by atoms with Crippen LogP contribution < -0.4 is 4.90 Å². The fraction of sp³-hybridized carbons (Fsp3) is 0.0952. The van der Waals surface area contributed by atoms with Gasteiger partial charge < -0.3 is 0 Å². The summed E-state index contributed by atoms with van der Waals surface area (Å²) in [5.74, 6) is -0.108. The fourth-order valence-corrected chi connectivity index (χ4v) is 4.42. The largest absolute Gasteiger partial charge is 0.278 e. The number of thioether (sulfide) groups is 1. The minimum absolute atomic E-state index is 0.108. The number of carbonyl (C=O) groups excluding carboxylic acids is 1. The molecule has 4 nitrogen and oxygen atoms in total. The van der Waals surface area contributed by atoms with E-state index in [1.807, 2.05) is 60.9 Å². The number of halogens is 1. The summed E-state index contributed by atoms with van der Waals surface area (Å²) in [6.07, 6.45) is 3.74. The zero-order valence-corrected chi connectivity index (χ0v) is 17.4. The molecule has 0 saturated heterocycles. The van der Waals surface area contributed by atoms with Gasteiger partial charge in [0.05, 0.1) is 22.5 Å². The quantitative estimate of drug-likeness (QED) is 0.372. The summed E-state index contributed by atoms with van der Waals surface area (Å²) in [5.41, 5.74) is 2.24. The van der Waals surface area contributed by atoms with E-state index in [2.05, 4.69) is 9.97 Å². The van der Waals surface area contributed by atoms with Crippen molar-refractivity contribution in [1.29, 1.82) is 0 Å². The lowest BCUT2D eigenvalue weighted by Gasteiger charge is -2.19. The first-order chi connectivity index (χ1) is 13.6. The number of pyridine rings is 1. The predicted molar refractivity (Wildman–Crippen MR) is 118 cm³/mol. The normalized spacial score (nSPS) is 10.9. The summed E-state index contributed by atoms with van der Waals surface area (Å²) < 4.78 is 0.944. The molecule has 4 aromatic rings. The third kappa shape index (κ3) is 4.04. The molecule has 0 saturated carbocycles. The van der Waals surface area contributed by atoms with Crippen LogP contribution in [-0.4, -0.2) is 22.1 Å². The Balaban J connectivity index is 1.74. The standard InChI is InChI=1S/C21H16ClN3OS2/c1-27-17-8-5-14(6-9-17)20(26)25(13-16-4-2-3-11-23-16)21-24-18-10-7-15(22)12-19(18)28-21/h2-12H,13H2,1H3. The van der Waals surface area contributed by atoms with E-state index in [1.54, 1.807) is 28.9 Å². The Morgan fingerprint density at radius 2 is 1.96 bits per heavy atom. The molecule has 0 radical (unpaired) electrons. The van der Waals surface area contributed by atoms with Crippen molar-refractivity contribution in [3.05, 3.63) is 83.1 Å². The minimum Gasteiger partial charge on any atom is -0.278 e. The number of aromatic nitrogens is 2. The molecule has 2 aromatic carbocycles. The Bertz CT molecular complexity index is 1110. The van der Waals surface area contributed by atoms with Gasteiger partial charge in [-0.1, -0.05) is 29.0 Å². The van der Waals surface area contributed by atoms with Gasteiger partial charge in [0.25, 0.3) is 5.91 Å². The maximum atomic E-state index is 13.3. The molecule has 0 unspecified atom stereocenters. The van der Waals surface area contributed by atoms with Gasteiger partial charge in [-0.2, -0.15) is 0 Å². The van der Waals surface area contributed by atoms with Crippen LogP contribution in [0.5, 0.6) is 0 Å². The topological polar surface area (TPSA) is 46.1 Å². The van der Waals surface area contributed by atoms with Gasteiger partial charge in [0.1, 0.15) is 0 Å². The van der Waals surface area contributed by atoms with Crippen molar-refractivity contribution in [2.45, 2.75) is 11.4 Å². The molecule has 0 aliphatic carbocycles. The van der Waals surface area contributed by atoms with Crippen LogP contribution in [-0.2, 0) is 6.54 Å². The van der Waals surface area contributed by atoms with E-state index >= 15 is 0 Å². The molecule has 4 rings (SSSR count). The summed E-state index contributed by atoms with van der Waals surface area (Å²) >= 11 is 9.20. The Labute approximate surface area is 176 Å². The predicted octanol–water partition coefficient (Wildman–Crippen LogP) is 5.91. The first-order valence-electron chi connectivity index (χ1n) is 8.56. The van der Waals surface area contributed by atoms with E-state index in [0.717, 1.165) is 20.8 Å². The van der Waals surface area contributed by atoms with Gasteiger partial charge in [-0.15, -0.1) is 11.8 Å². The van der Waals surface area contributed by atoms with E-state index in [4.69, 9.17) is 11.6 Å². The summed E-state index contributed by atoms with van der Waals surface area (Å²) in [6, 6.07) is 18.8. The molecule has 140 valence electrons. The van der Waals surface area contributed by atoms with Crippen LogP contribution in [0, 0.1) is 0 Å². The van der Waals surface area contributed by atoms with Crippen LogP contribution >= 0.6 is 34.7 Å². The molecule has 0 bridgehead atoms.